The number of ether oxygens (including phenoxy) is 2. The minimum Gasteiger partial charge on any atom is -0.473 e. The fourth-order valence-electron chi connectivity index (χ4n) is 4.96. The molecule has 1 aromatic carbocycles. The van der Waals surface area contributed by atoms with Crippen LogP contribution in [-0.4, -0.2) is 78.8 Å². The molecule has 4 rings (SSSR count). The summed E-state index contributed by atoms with van der Waals surface area (Å²) in [6, 6.07) is 6.73. The average molecular weight is 607 g/mol. The number of hydrogen-bond donors (Lipinski definition) is 1. The highest BCUT2D eigenvalue weighted by atomic mass is 32.2. The molecule has 1 N–H and O–H groups in total. The van der Waals surface area contributed by atoms with E-state index in [1.165, 1.54) is 49.7 Å². The molecule has 1 aliphatic carbocycles. The molecule has 0 amide bonds. The molecule has 1 saturated heterocycles. The van der Waals surface area contributed by atoms with E-state index in [4.69, 9.17) is 14.6 Å². The van der Waals surface area contributed by atoms with Crippen LogP contribution in [0.2, 0.25) is 0 Å². The number of benzene rings is 1. The van der Waals surface area contributed by atoms with E-state index >= 15 is 0 Å². The van der Waals surface area contributed by atoms with Gasteiger partial charge in [0.25, 0.3) is 0 Å². The summed E-state index contributed by atoms with van der Waals surface area (Å²) in [5.41, 5.74) is 2.80. The van der Waals surface area contributed by atoms with E-state index in [1.807, 2.05) is 33.8 Å². The van der Waals surface area contributed by atoms with Gasteiger partial charge in [-0.3, -0.25) is 4.90 Å². The molecule has 2 aliphatic heterocycles. The van der Waals surface area contributed by atoms with E-state index in [0.717, 1.165) is 61.8 Å². The Labute approximate surface area is 260 Å². The van der Waals surface area contributed by atoms with Crippen molar-refractivity contribution in [2.45, 2.75) is 98.4 Å². The van der Waals surface area contributed by atoms with Gasteiger partial charge in [0.1, 0.15) is 6.29 Å². The van der Waals surface area contributed by atoms with Gasteiger partial charge in [-0.25, -0.2) is 4.79 Å². The molecule has 1 fully saturated rings. The van der Waals surface area contributed by atoms with E-state index in [2.05, 4.69) is 61.1 Å². The van der Waals surface area contributed by atoms with Crippen molar-refractivity contribution < 1.29 is 24.2 Å². The summed E-state index contributed by atoms with van der Waals surface area (Å²) < 4.78 is 10.9. The molecule has 42 heavy (non-hydrogen) atoms. The predicted molar refractivity (Wildman–Crippen MR) is 179 cm³/mol. The fourth-order valence-corrected chi connectivity index (χ4v) is 4.96. The van der Waals surface area contributed by atoms with Crippen molar-refractivity contribution in [3.8, 4) is 11.5 Å². The largest absolute Gasteiger partial charge is 0.473 e. The zero-order valence-electron chi connectivity index (χ0n) is 27.6. The Bertz CT molecular complexity index is 921. The van der Waals surface area contributed by atoms with E-state index < -0.39 is 5.30 Å². The van der Waals surface area contributed by atoms with E-state index in [-0.39, 0.29) is 0 Å². The number of nitrogens with zero attached hydrogens (tertiary/aromatic N) is 2. The SMILES string of the molecule is CC.CC.CCCCN(C)CCC.CSC(=O)O.O=CCN1CC(c2ccc3c(c2)OCO3)CC1CCC1=CC=CC1. The van der Waals surface area contributed by atoms with Crippen LogP contribution in [-0.2, 0) is 4.79 Å². The molecule has 2 unspecified atom stereocenters. The van der Waals surface area contributed by atoms with Gasteiger partial charge in [-0.2, -0.15) is 0 Å². The Kier molecular flexibility index (Phi) is 23.9. The maximum Gasteiger partial charge on any atom is 0.364 e. The summed E-state index contributed by atoms with van der Waals surface area (Å²) in [6.07, 6.45) is 17.5. The van der Waals surface area contributed by atoms with Crippen LogP contribution in [0.3, 0.4) is 0 Å². The number of likely N-dealkylation sites (tertiary alicyclic amines) is 1. The molecular weight excluding hydrogens is 548 g/mol. The lowest BCUT2D eigenvalue weighted by Gasteiger charge is -2.21. The highest BCUT2D eigenvalue weighted by Gasteiger charge is 2.33. The van der Waals surface area contributed by atoms with E-state index in [9.17, 15) is 9.59 Å². The lowest BCUT2D eigenvalue weighted by molar-refractivity contribution is -0.109. The third-order valence-corrected chi connectivity index (χ3v) is 7.37. The van der Waals surface area contributed by atoms with Gasteiger partial charge < -0.3 is 24.3 Å². The first-order valence-corrected chi connectivity index (χ1v) is 17.0. The van der Waals surface area contributed by atoms with E-state index in [0.29, 0.717) is 25.3 Å². The Morgan fingerprint density at radius 1 is 1.12 bits per heavy atom. The van der Waals surface area contributed by atoms with Crippen LogP contribution in [0.4, 0.5) is 4.79 Å². The maximum atomic E-state index is 11.1. The van der Waals surface area contributed by atoms with Crippen LogP contribution in [0.25, 0.3) is 0 Å². The van der Waals surface area contributed by atoms with Crippen molar-refractivity contribution in [1.29, 1.82) is 0 Å². The Balaban J connectivity index is 0.000000779. The van der Waals surface area contributed by atoms with Crippen LogP contribution in [0.1, 0.15) is 98.0 Å². The zero-order valence-corrected chi connectivity index (χ0v) is 28.4. The second-order valence-corrected chi connectivity index (χ2v) is 10.7. The molecule has 0 saturated carbocycles. The second kappa shape index (κ2) is 25.2. The smallest absolute Gasteiger partial charge is 0.364 e. The molecule has 0 radical (unpaired) electrons. The van der Waals surface area contributed by atoms with Crippen molar-refractivity contribution in [3.63, 3.8) is 0 Å². The molecule has 0 bridgehead atoms. The molecule has 3 aliphatic rings. The quantitative estimate of drug-likeness (QED) is 0.251. The van der Waals surface area contributed by atoms with Gasteiger partial charge in [-0.1, -0.05) is 77.8 Å². The number of carboxylic acid groups (broad SMARTS) is 1. The third-order valence-electron chi connectivity index (χ3n) is 7.03. The lowest BCUT2D eigenvalue weighted by Crippen LogP contribution is -2.31. The molecule has 0 spiro atoms. The molecule has 0 aromatic heterocycles. The van der Waals surface area contributed by atoms with Gasteiger partial charge in [0.05, 0.1) is 6.54 Å². The number of thioether (sulfide) groups is 1. The highest BCUT2D eigenvalue weighted by molar-refractivity contribution is 8.12. The first kappa shape index (κ1) is 39.7. The predicted octanol–water partition coefficient (Wildman–Crippen LogP) is 8.65. The zero-order chi connectivity index (χ0) is 31.8. The van der Waals surface area contributed by atoms with Gasteiger partial charge >= 0.3 is 5.30 Å². The first-order valence-electron chi connectivity index (χ1n) is 15.8. The van der Waals surface area contributed by atoms with Crippen LogP contribution < -0.4 is 9.47 Å². The lowest BCUT2D eigenvalue weighted by atomic mass is 9.94. The van der Waals surface area contributed by atoms with Crippen molar-refractivity contribution in [1.82, 2.24) is 9.80 Å². The van der Waals surface area contributed by atoms with Crippen molar-refractivity contribution in [3.05, 3.63) is 47.6 Å². The number of unbranched alkanes of at least 4 members (excludes halogenated alkanes) is 1. The third kappa shape index (κ3) is 15.8. The van der Waals surface area contributed by atoms with Gasteiger partial charge in [0, 0.05) is 12.6 Å². The molecule has 8 heteroatoms. The average Bonchev–Trinajstić information content (AvgIpc) is 3.79. The van der Waals surface area contributed by atoms with Gasteiger partial charge in [-0.05, 0) is 100 Å². The molecule has 2 heterocycles. The molecule has 240 valence electrons. The van der Waals surface area contributed by atoms with E-state index in [1.54, 1.807) is 0 Å². The Hall–Kier alpha value is -2.29. The number of rotatable bonds is 11. The monoisotopic (exact) mass is 606 g/mol. The van der Waals surface area contributed by atoms with Gasteiger partial charge in [0.15, 0.2) is 11.5 Å². The minimum atomic E-state index is -0.829. The molecular formula is C34H58N2O5S. The van der Waals surface area contributed by atoms with Gasteiger partial charge in [0.2, 0.25) is 6.79 Å². The number of fused-ring (bicyclic) bond motifs is 1. The number of allylic oxidation sites excluding steroid dienone is 4. The van der Waals surface area contributed by atoms with Crippen LogP contribution in [0.5, 0.6) is 11.5 Å². The minimum absolute atomic E-state index is 0.312. The number of carbonyl (C=O) groups is 2. The van der Waals surface area contributed by atoms with Crippen LogP contribution in [0, 0.1) is 0 Å². The molecule has 2 atom stereocenters. The van der Waals surface area contributed by atoms with Crippen molar-refractivity contribution >= 4 is 23.3 Å². The first-order chi connectivity index (χ1) is 20.4. The van der Waals surface area contributed by atoms with Crippen LogP contribution in [0.15, 0.2) is 42.0 Å². The number of aldehydes is 1. The van der Waals surface area contributed by atoms with Crippen molar-refractivity contribution in [2.24, 2.45) is 0 Å². The van der Waals surface area contributed by atoms with Crippen LogP contribution >= 0.6 is 11.8 Å². The normalized spacial score (nSPS) is 17.9. The summed E-state index contributed by atoms with van der Waals surface area (Å²) in [5.74, 6) is 2.14. The topological polar surface area (TPSA) is 79.3 Å². The summed E-state index contributed by atoms with van der Waals surface area (Å²) >= 11 is 0.796. The molecule has 1 aromatic rings. The number of carbonyl (C=O) groups excluding carboxylic acids is 1. The summed E-state index contributed by atoms with van der Waals surface area (Å²) in [5, 5.41) is 6.86. The maximum absolute atomic E-state index is 11.1. The fraction of sp³-hybridized carbons (Fsp3) is 0.647. The van der Waals surface area contributed by atoms with Crippen molar-refractivity contribution in [2.75, 3.05) is 46.3 Å². The summed E-state index contributed by atoms with van der Waals surface area (Å²) in [6.45, 7) is 16.8. The second-order valence-electron chi connectivity index (χ2n) is 9.94. The number of hydrogen-bond acceptors (Lipinski definition) is 7. The summed E-state index contributed by atoms with van der Waals surface area (Å²) in [7, 11) is 2.19. The Morgan fingerprint density at radius 3 is 2.38 bits per heavy atom. The highest BCUT2D eigenvalue weighted by Crippen LogP contribution is 2.39. The Morgan fingerprint density at radius 2 is 1.81 bits per heavy atom. The van der Waals surface area contributed by atoms with Gasteiger partial charge in [-0.15, -0.1) is 0 Å². The standard InChI is InChI=1S/C20H23NO3.C8H19N.C2H4O2S.2C2H6/c22-10-9-21-13-17(11-18(21)7-5-15-3-1-2-4-15)16-6-8-19-20(12-16)24-14-23-19;1-4-6-8-9(3)7-5-2;1-5-2(3)4;2*1-2/h1-3,6,8,10,12,17-18H,4-5,7,9,11,13-14H2;4-8H2,1-3H3;1H3,(H,3,4);2*1-2H3. The summed E-state index contributed by atoms with van der Waals surface area (Å²) in [4.78, 5) is 25.1. The molecule has 7 nitrogen and oxygen atoms in total.